The van der Waals surface area contributed by atoms with Crippen molar-refractivity contribution in [2.75, 3.05) is 6.61 Å². The van der Waals surface area contributed by atoms with Crippen LogP contribution in [-0.4, -0.2) is 18.9 Å². The van der Waals surface area contributed by atoms with Crippen LogP contribution in [0.4, 0.5) is 0 Å². The number of unbranched alkanes of at least 4 members (excludes halogenated alkanes) is 1. The minimum Gasteiger partial charge on any atom is -0.435 e. The average molecular weight is 214 g/mol. The fraction of sp³-hybridized carbons (Fsp3) is 0.917. The zero-order chi connectivity index (χ0) is 11.5. The van der Waals surface area contributed by atoms with Crippen molar-refractivity contribution in [2.24, 2.45) is 11.3 Å². The summed E-state index contributed by atoms with van der Waals surface area (Å²) in [6.45, 7) is 8.63. The number of esters is 1. The van der Waals surface area contributed by atoms with Crippen molar-refractivity contribution in [1.29, 1.82) is 0 Å². The highest BCUT2D eigenvalue weighted by Crippen LogP contribution is 2.44. The Bertz CT molecular complexity index is 227. The van der Waals surface area contributed by atoms with Gasteiger partial charge < -0.3 is 9.47 Å². The summed E-state index contributed by atoms with van der Waals surface area (Å²) in [4.78, 5) is 11.0. The lowest BCUT2D eigenvalue weighted by Gasteiger charge is -2.32. The van der Waals surface area contributed by atoms with E-state index in [1.165, 1.54) is 6.92 Å². The fourth-order valence-electron chi connectivity index (χ4n) is 2.09. The van der Waals surface area contributed by atoms with Gasteiger partial charge in [-0.05, 0) is 12.3 Å². The molecule has 1 aliphatic heterocycles. The van der Waals surface area contributed by atoms with Crippen LogP contribution >= 0.6 is 0 Å². The molecule has 3 nitrogen and oxygen atoms in total. The molecule has 0 aromatic rings. The van der Waals surface area contributed by atoms with Crippen LogP contribution in [0.3, 0.4) is 0 Å². The second-order valence-electron chi connectivity index (χ2n) is 4.79. The summed E-state index contributed by atoms with van der Waals surface area (Å²) in [7, 11) is 0. The average Bonchev–Trinajstić information content (AvgIpc) is 2.43. The summed E-state index contributed by atoms with van der Waals surface area (Å²) in [5.41, 5.74) is -0.0122. The Labute approximate surface area is 92.1 Å². The SMILES string of the molecule is CCCC[C@@]1(C)C(C)COC1OC(C)=O. The third-order valence-electron chi connectivity index (χ3n) is 3.50. The van der Waals surface area contributed by atoms with Crippen LogP contribution in [0, 0.1) is 11.3 Å². The molecule has 1 saturated heterocycles. The van der Waals surface area contributed by atoms with E-state index in [4.69, 9.17) is 9.47 Å². The number of carbonyl (C=O) groups is 1. The summed E-state index contributed by atoms with van der Waals surface area (Å²) >= 11 is 0. The summed E-state index contributed by atoms with van der Waals surface area (Å²) in [6.07, 6.45) is 3.02. The molecule has 0 amide bonds. The van der Waals surface area contributed by atoms with Gasteiger partial charge in [0.2, 0.25) is 6.29 Å². The molecule has 0 saturated carbocycles. The van der Waals surface area contributed by atoms with Gasteiger partial charge in [-0.1, -0.05) is 33.6 Å². The van der Waals surface area contributed by atoms with Gasteiger partial charge >= 0.3 is 5.97 Å². The van der Waals surface area contributed by atoms with Gasteiger partial charge in [-0.3, -0.25) is 4.79 Å². The molecule has 3 atom stereocenters. The van der Waals surface area contributed by atoms with Crippen LogP contribution in [0.25, 0.3) is 0 Å². The minimum absolute atomic E-state index is 0.0122. The maximum Gasteiger partial charge on any atom is 0.304 e. The van der Waals surface area contributed by atoms with Crippen LogP contribution < -0.4 is 0 Å². The molecular formula is C12H22O3. The maximum absolute atomic E-state index is 11.0. The smallest absolute Gasteiger partial charge is 0.304 e. The first-order chi connectivity index (χ1) is 7.00. The Kier molecular flexibility index (Phi) is 4.14. The zero-order valence-corrected chi connectivity index (χ0v) is 10.2. The molecule has 2 unspecified atom stereocenters. The molecular weight excluding hydrogens is 192 g/mol. The summed E-state index contributed by atoms with van der Waals surface area (Å²) in [5.74, 6) is 0.199. The van der Waals surface area contributed by atoms with Crippen molar-refractivity contribution in [3.63, 3.8) is 0 Å². The number of rotatable bonds is 4. The van der Waals surface area contributed by atoms with Gasteiger partial charge in [-0.2, -0.15) is 0 Å². The number of hydrogen-bond acceptors (Lipinski definition) is 3. The van der Waals surface area contributed by atoms with E-state index in [0.29, 0.717) is 12.5 Å². The molecule has 1 aliphatic rings. The van der Waals surface area contributed by atoms with Crippen LogP contribution in [-0.2, 0) is 14.3 Å². The summed E-state index contributed by atoms with van der Waals surface area (Å²) < 4.78 is 10.8. The van der Waals surface area contributed by atoms with Gasteiger partial charge in [-0.25, -0.2) is 0 Å². The van der Waals surface area contributed by atoms with Gasteiger partial charge in [-0.15, -0.1) is 0 Å². The monoisotopic (exact) mass is 214 g/mol. The van der Waals surface area contributed by atoms with E-state index in [2.05, 4.69) is 20.8 Å². The number of ether oxygens (including phenoxy) is 2. The van der Waals surface area contributed by atoms with Crippen LogP contribution in [0.1, 0.15) is 47.0 Å². The number of carbonyl (C=O) groups excluding carboxylic acids is 1. The molecule has 0 radical (unpaired) electrons. The highest BCUT2D eigenvalue weighted by atomic mass is 16.7. The molecule has 15 heavy (non-hydrogen) atoms. The van der Waals surface area contributed by atoms with Crippen molar-refractivity contribution in [2.45, 2.75) is 53.2 Å². The molecule has 0 aromatic carbocycles. The highest BCUT2D eigenvalue weighted by Gasteiger charge is 2.47. The molecule has 0 aromatic heterocycles. The van der Waals surface area contributed by atoms with Crippen LogP contribution in [0.2, 0.25) is 0 Å². The van der Waals surface area contributed by atoms with Gasteiger partial charge in [0.25, 0.3) is 0 Å². The zero-order valence-electron chi connectivity index (χ0n) is 10.2. The van der Waals surface area contributed by atoms with E-state index in [9.17, 15) is 4.79 Å². The van der Waals surface area contributed by atoms with Crippen molar-refractivity contribution >= 4 is 5.97 Å². The van der Waals surface area contributed by atoms with Crippen LogP contribution in [0.15, 0.2) is 0 Å². The quantitative estimate of drug-likeness (QED) is 0.675. The summed E-state index contributed by atoms with van der Waals surface area (Å²) in [6, 6.07) is 0. The molecule has 1 fully saturated rings. The summed E-state index contributed by atoms with van der Waals surface area (Å²) in [5, 5.41) is 0. The molecule has 0 N–H and O–H groups in total. The van der Waals surface area contributed by atoms with Crippen molar-refractivity contribution in [3.05, 3.63) is 0 Å². The molecule has 1 rings (SSSR count). The maximum atomic E-state index is 11.0. The lowest BCUT2D eigenvalue weighted by atomic mass is 9.76. The number of hydrogen-bond donors (Lipinski definition) is 0. The molecule has 0 aliphatic carbocycles. The topological polar surface area (TPSA) is 35.5 Å². The van der Waals surface area contributed by atoms with Gasteiger partial charge in [0.1, 0.15) is 0 Å². The normalized spacial score (nSPS) is 35.5. The molecule has 0 bridgehead atoms. The second kappa shape index (κ2) is 4.97. The third kappa shape index (κ3) is 2.71. The van der Waals surface area contributed by atoms with E-state index in [1.54, 1.807) is 0 Å². The predicted octanol–water partition coefficient (Wildman–Crippen LogP) is 2.74. The first-order valence-electron chi connectivity index (χ1n) is 5.79. The first kappa shape index (κ1) is 12.5. The Morgan fingerprint density at radius 3 is 2.80 bits per heavy atom. The van der Waals surface area contributed by atoms with Crippen molar-refractivity contribution in [1.82, 2.24) is 0 Å². The second-order valence-corrected chi connectivity index (χ2v) is 4.79. The lowest BCUT2D eigenvalue weighted by Crippen LogP contribution is -2.35. The highest BCUT2D eigenvalue weighted by molar-refractivity contribution is 5.66. The van der Waals surface area contributed by atoms with Crippen molar-refractivity contribution < 1.29 is 14.3 Å². The Morgan fingerprint density at radius 2 is 2.27 bits per heavy atom. The molecule has 88 valence electrons. The molecule has 1 heterocycles. The van der Waals surface area contributed by atoms with E-state index in [0.717, 1.165) is 19.3 Å². The third-order valence-corrected chi connectivity index (χ3v) is 3.50. The van der Waals surface area contributed by atoms with E-state index >= 15 is 0 Å². The Morgan fingerprint density at radius 1 is 1.60 bits per heavy atom. The minimum atomic E-state index is -0.350. The molecule has 0 spiro atoms. The van der Waals surface area contributed by atoms with E-state index in [-0.39, 0.29) is 17.7 Å². The first-order valence-corrected chi connectivity index (χ1v) is 5.79. The van der Waals surface area contributed by atoms with Crippen LogP contribution in [0.5, 0.6) is 0 Å². The standard InChI is InChI=1S/C12H22O3/c1-5-6-7-12(4)9(2)8-14-11(12)15-10(3)13/h9,11H,5-8H2,1-4H3/t9?,11?,12-/m0/s1. The fourth-order valence-corrected chi connectivity index (χ4v) is 2.09. The van der Waals surface area contributed by atoms with Crippen molar-refractivity contribution in [3.8, 4) is 0 Å². The Balaban J connectivity index is 2.65. The Hall–Kier alpha value is -0.570. The van der Waals surface area contributed by atoms with E-state index in [1.807, 2.05) is 0 Å². The van der Waals surface area contributed by atoms with Gasteiger partial charge in [0.15, 0.2) is 0 Å². The van der Waals surface area contributed by atoms with Gasteiger partial charge in [0.05, 0.1) is 6.61 Å². The largest absolute Gasteiger partial charge is 0.435 e. The molecule has 3 heteroatoms. The van der Waals surface area contributed by atoms with Gasteiger partial charge in [0, 0.05) is 12.3 Å². The predicted molar refractivity (Wildman–Crippen MR) is 58.3 cm³/mol. The lowest BCUT2D eigenvalue weighted by molar-refractivity contribution is -0.184. The van der Waals surface area contributed by atoms with E-state index < -0.39 is 0 Å².